The molecule has 80 valence electrons. The average molecular weight is 233 g/mol. The first-order valence-electron chi connectivity index (χ1n) is 5.21. The van der Waals surface area contributed by atoms with Crippen molar-refractivity contribution in [3.05, 3.63) is 23.0 Å². The van der Waals surface area contributed by atoms with Crippen molar-refractivity contribution in [3.8, 4) is 6.07 Å². The molecule has 0 saturated heterocycles. The lowest BCUT2D eigenvalue weighted by molar-refractivity contribution is 0.574. The monoisotopic (exact) mass is 232 g/mol. The Hall–Kier alpha value is -1.60. The van der Waals surface area contributed by atoms with Crippen molar-refractivity contribution in [1.82, 2.24) is 14.8 Å². The van der Waals surface area contributed by atoms with Crippen LogP contribution in [0.2, 0.25) is 5.15 Å². The number of nitriles is 1. The standard InChI is InChI=1S/C11H9ClN4/c12-10-4-3-8-9(5-13)15-16(11(8)14-10)6-7-1-2-7/h3-4,7H,1-2,6H2. The minimum absolute atomic E-state index is 0.430. The van der Waals surface area contributed by atoms with Gasteiger partial charge in [-0.05, 0) is 30.9 Å². The normalized spacial score (nSPS) is 15.2. The molecule has 16 heavy (non-hydrogen) atoms. The van der Waals surface area contributed by atoms with E-state index in [0.29, 0.717) is 16.8 Å². The second-order valence-corrected chi connectivity index (χ2v) is 4.48. The van der Waals surface area contributed by atoms with E-state index >= 15 is 0 Å². The smallest absolute Gasteiger partial charge is 0.172 e. The minimum atomic E-state index is 0.430. The molecular formula is C11H9ClN4. The summed E-state index contributed by atoms with van der Waals surface area (Å²) in [5, 5.41) is 14.5. The van der Waals surface area contributed by atoms with Gasteiger partial charge in [0.05, 0.1) is 5.39 Å². The maximum absolute atomic E-state index is 8.98. The Morgan fingerprint density at radius 1 is 1.50 bits per heavy atom. The van der Waals surface area contributed by atoms with Gasteiger partial charge in [0.15, 0.2) is 11.3 Å². The Morgan fingerprint density at radius 2 is 2.31 bits per heavy atom. The summed E-state index contributed by atoms with van der Waals surface area (Å²) in [7, 11) is 0. The van der Waals surface area contributed by atoms with E-state index in [0.717, 1.165) is 17.6 Å². The Labute approximate surface area is 97.5 Å². The van der Waals surface area contributed by atoms with Crippen LogP contribution in [0.1, 0.15) is 18.5 Å². The zero-order valence-electron chi connectivity index (χ0n) is 8.52. The van der Waals surface area contributed by atoms with Gasteiger partial charge in [0.25, 0.3) is 0 Å². The number of hydrogen-bond donors (Lipinski definition) is 0. The molecule has 1 saturated carbocycles. The molecule has 2 heterocycles. The van der Waals surface area contributed by atoms with Crippen LogP contribution in [-0.2, 0) is 6.54 Å². The molecule has 2 aromatic heterocycles. The van der Waals surface area contributed by atoms with Crippen molar-refractivity contribution in [2.45, 2.75) is 19.4 Å². The SMILES string of the molecule is N#Cc1nn(CC2CC2)c2nc(Cl)ccc12. The second kappa shape index (κ2) is 3.46. The van der Waals surface area contributed by atoms with E-state index in [1.54, 1.807) is 16.8 Å². The van der Waals surface area contributed by atoms with Crippen molar-refractivity contribution in [1.29, 1.82) is 5.26 Å². The third kappa shape index (κ3) is 1.54. The van der Waals surface area contributed by atoms with Gasteiger partial charge in [0.2, 0.25) is 0 Å². The van der Waals surface area contributed by atoms with E-state index in [2.05, 4.69) is 16.2 Å². The molecule has 0 bridgehead atoms. The topological polar surface area (TPSA) is 54.5 Å². The summed E-state index contributed by atoms with van der Waals surface area (Å²) in [6.07, 6.45) is 2.48. The number of nitrogens with zero attached hydrogens (tertiary/aromatic N) is 4. The highest BCUT2D eigenvalue weighted by molar-refractivity contribution is 6.29. The lowest BCUT2D eigenvalue weighted by Crippen LogP contribution is -2.02. The van der Waals surface area contributed by atoms with Crippen LogP contribution in [0.25, 0.3) is 11.0 Å². The maximum Gasteiger partial charge on any atom is 0.172 e. The fraction of sp³-hybridized carbons (Fsp3) is 0.364. The third-order valence-corrected chi connectivity index (χ3v) is 3.01. The van der Waals surface area contributed by atoms with Gasteiger partial charge in [-0.1, -0.05) is 11.6 Å². The quantitative estimate of drug-likeness (QED) is 0.747. The van der Waals surface area contributed by atoms with E-state index in [-0.39, 0.29) is 0 Å². The fourth-order valence-electron chi connectivity index (χ4n) is 1.78. The van der Waals surface area contributed by atoms with Gasteiger partial charge in [-0.3, -0.25) is 0 Å². The van der Waals surface area contributed by atoms with E-state index in [9.17, 15) is 0 Å². The molecule has 4 nitrogen and oxygen atoms in total. The molecule has 0 atom stereocenters. The Balaban J connectivity index is 2.18. The van der Waals surface area contributed by atoms with Gasteiger partial charge in [0.1, 0.15) is 11.2 Å². The Morgan fingerprint density at radius 3 is 3.00 bits per heavy atom. The molecular weight excluding hydrogens is 224 g/mol. The first-order valence-corrected chi connectivity index (χ1v) is 5.59. The van der Waals surface area contributed by atoms with Gasteiger partial charge >= 0.3 is 0 Å². The number of pyridine rings is 1. The van der Waals surface area contributed by atoms with Crippen molar-refractivity contribution < 1.29 is 0 Å². The predicted molar refractivity (Wildman–Crippen MR) is 60.0 cm³/mol. The number of rotatable bonds is 2. The molecule has 1 aliphatic carbocycles. The van der Waals surface area contributed by atoms with Gasteiger partial charge in [-0.15, -0.1) is 0 Å². The van der Waals surface area contributed by atoms with Gasteiger partial charge in [-0.2, -0.15) is 10.4 Å². The second-order valence-electron chi connectivity index (χ2n) is 4.09. The average Bonchev–Trinajstić information content (AvgIpc) is 3.02. The van der Waals surface area contributed by atoms with Gasteiger partial charge in [0, 0.05) is 6.54 Å². The van der Waals surface area contributed by atoms with Crippen molar-refractivity contribution in [2.75, 3.05) is 0 Å². The van der Waals surface area contributed by atoms with Crippen molar-refractivity contribution in [2.24, 2.45) is 5.92 Å². The number of hydrogen-bond acceptors (Lipinski definition) is 3. The van der Waals surface area contributed by atoms with Crippen molar-refractivity contribution >= 4 is 22.6 Å². The summed E-state index contributed by atoms with van der Waals surface area (Å²) in [6, 6.07) is 5.58. The summed E-state index contributed by atoms with van der Waals surface area (Å²) in [4.78, 5) is 4.24. The fourth-order valence-corrected chi connectivity index (χ4v) is 1.93. The van der Waals surface area contributed by atoms with Crippen LogP contribution < -0.4 is 0 Å². The van der Waals surface area contributed by atoms with Crippen molar-refractivity contribution in [3.63, 3.8) is 0 Å². The Kier molecular flexibility index (Phi) is 2.08. The predicted octanol–water partition coefficient (Wildman–Crippen LogP) is 2.37. The third-order valence-electron chi connectivity index (χ3n) is 2.80. The van der Waals surface area contributed by atoms with E-state index in [1.807, 2.05) is 0 Å². The highest BCUT2D eigenvalue weighted by Crippen LogP contribution is 2.31. The summed E-state index contributed by atoms with van der Waals surface area (Å²) in [5.41, 5.74) is 1.15. The van der Waals surface area contributed by atoms with Crippen LogP contribution in [0.5, 0.6) is 0 Å². The van der Waals surface area contributed by atoms with Crippen LogP contribution in [-0.4, -0.2) is 14.8 Å². The molecule has 0 unspecified atom stereocenters. The molecule has 2 aromatic rings. The molecule has 1 aliphatic rings. The Bertz CT molecular complexity index is 592. The lowest BCUT2D eigenvalue weighted by atomic mass is 10.3. The number of aromatic nitrogens is 3. The zero-order chi connectivity index (χ0) is 11.1. The van der Waals surface area contributed by atoms with Crippen LogP contribution in [0.3, 0.4) is 0 Å². The molecule has 0 N–H and O–H groups in total. The molecule has 0 aromatic carbocycles. The first kappa shape index (κ1) is 9.61. The highest BCUT2D eigenvalue weighted by Gasteiger charge is 2.24. The molecule has 0 spiro atoms. The van der Waals surface area contributed by atoms with Gasteiger partial charge in [-0.25, -0.2) is 9.67 Å². The summed E-state index contributed by atoms with van der Waals surface area (Å²) in [5.74, 6) is 0.690. The largest absolute Gasteiger partial charge is 0.246 e. The van der Waals surface area contributed by atoms with Crippen LogP contribution in [0.15, 0.2) is 12.1 Å². The summed E-state index contributed by atoms with van der Waals surface area (Å²) in [6.45, 7) is 0.839. The minimum Gasteiger partial charge on any atom is -0.246 e. The van der Waals surface area contributed by atoms with Crippen LogP contribution in [0.4, 0.5) is 0 Å². The molecule has 0 aliphatic heterocycles. The van der Waals surface area contributed by atoms with E-state index in [4.69, 9.17) is 16.9 Å². The molecule has 5 heteroatoms. The summed E-state index contributed by atoms with van der Waals surface area (Å²) < 4.78 is 1.80. The van der Waals surface area contributed by atoms with Gasteiger partial charge < -0.3 is 0 Å². The van der Waals surface area contributed by atoms with E-state index < -0.39 is 0 Å². The summed E-state index contributed by atoms with van der Waals surface area (Å²) >= 11 is 5.86. The number of halogens is 1. The molecule has 0 radical (unpaired) electrons. The molecule has 1 fully saturated rings. The zero-order valence-corrected chi connectivity index (χ0v) is 9.28. The lowest BCUT2D eigenvalue weighted by Gasteiger charge is -1.99. The first-order chi connectivity index (χ1) is 7.78. The van der Waals surface area contributed by atoms with Crippen LogP contribution in [0, 0.1) is 17.2 Å². The highest BCUT2D eigenvalue weighted by atomic mass is 35.5. The molecule has 3 rings (SSSR count). The van der Waals surface area contributed by atoms with E-state index in [1.165, 1.54) is 12.8 Å². The van der Waals surface area contributed by atoms with Crippen LogP contribution >= 0.6 is 11.6 Å². The number of fused-ring (bicyclic) bond motifs is 1. The molecule has 0 amide bonds. The maximum atomic E-state index is 8.98.